The molecule has 1 aliphatic rings. The highest BCUT2D eigenvalue weighted by molar-refractivity contribution is 6.64. The zero-order valence-corrected chi connectivity index (χ0v) is 11.9. The minimum absolute atomic E-state index is 0.222. The highest BCUT2D eigenvalue weighted by Crippen LogP contribution is 2.37. The van der Waals surface area contributed by atoms with Gasteiger partial charge in [-0.25, -0.2) is 4.39 Å². The van der Waals surface area contributed by atoms with E-state index in [1.165, 1.54) is 13.2 Å². The van der Waals surface area contributed by atoms with Gasteiger partial charge in [0.25, 0.3) is 0 Å². The largest absolute Gasteiger partial charge is 0.500 e. The maximum atomic E-state index is 14.1. The smallest absolute Gasteiger partial charge is 0.497 e. The molecule has 2 N–H and O–H groups in total. The molecule has 0 amide bonds. The van der Waals surface area contributed by atoms with Gasteiger partial charge >= 0.3 is 7.12 Å². The molecule has 0 atom stereocenters. The van der Waals surface area contributed by atoms with E-state index in [-0.39, 0.29) is 11.2 Å². The van der Waals surface area contributed by atoms with Crippen molar-refractivity contribution in [3.63, 3.8) is 0 Å². The molecule has 4 nitrogen and oxygen atoms in total. The third-order valence-electron chi connectivity index (χ3n) is 3.86. The predicted molar refractivity (Wildman–Crippen MR) is 73.1 cm³/mol. The summed E-state index contributed by atoms with van der Waals surface area (Å²) in [6.45, 7) is 7.63. The summed E-state index contributed by atoms with van der Waals surface area (Å²) in [7, 11) is 0.652. The average Bonchev–Trinajstić information content (AvgIpc) is 2.46. The monoisotopic (exact) mass is 267 g/mol. The molecule has 0 aliphatic carbocycles. The highest BCUT2D eigenvalue weighted by Gasteiger charge is 2.53. The fourth-order valence-electron chi connectivity index (χ4n) is 1.94. The summed E-state index contributed by atoms with van der Waals surface area (Å²) in [5.41, 5.74) is 5.29. The molecule has 1 fully saturated rings. The third kappa shape index (κ3) is 2.30. The van der Waals surface area contributed by atoms with Gasteiger partial charge in [0, 0.05) is 23.3 Å². The van der Waals surface area contributed by atoms with Gasteiger partial charge in [0.15, 0.2) is 0 Å². The van der Waals surface area contributed by atoms with E-state index in [1.807, 2.05) is 27.7 Å². The molecule has 1 saturated heterocycles. The number of nitrogens with two attached hydrogens (primary N) is 1. The number of nitrogen functional groups attached to an aromatic ring is 1. The van der Waals surface area contributed by atoms with Crippen molar-refractivity contribution >= 4 is 18.3 Å². The Morgan fingerprint density at radius 1 is 1.16 bits per heavy atom. The van der Waals surface area contributed by atoms with Gasteiger partial charge < -0.3 is 19.8 Å². The molecule has 0 unspecified atom stereocenters. The van der Waals surface area contributed by atoms with Gasteiger partial charge in [-0.05, 0) is 27.7 Å². The van der Waals surface area contributed by atoms with Crippen LogP contribution in [-0.2, 0) is 9.31 Å². The van der Waals surface area contributed by atoms with Crippen molar-refractivity contribution in [1.82, 2.24) is 0 Å². The summed E-state index contributed by atoms with van der Waals surface area (Å²) in [6.07, 6.45) is 0. The number of benzene rings is 1. The lowest BCUT2D eigenvalue weighted by Gasteiger charge is -2.32. The van der Waals surface area contributed by atoms with Crippen LogP contribution in [0.5, 0.6) is 5.75 Å². The number of rotatable bonds is 2. The molecule has 6 heteroatoms. The molecule has 2 rings (SSSR count). The molecule has 104 valence electrons. The number of anilines is 1. The van der Waals surface area contributed by atoms with Crippen molar-refractivity contribution < 1.29 is 18.4 Å². The number of methoxy groups -OCH3 is 1. The fourth-order valence-corrected chi connectivity index (χ4v) is 1.94. The van der Waals surface area contributed by atoms with Gasteiger partial charge in [-0.15, -0.1) is 0 Å². The first-order valence-corrected chi connectivity index (χ1v) is 6.16. The second-order valence-electron chi connectivity index (χ2n) is 5.70. The van der Waals surface area contributed by atoms with Crippen molar-refractivity contribution in [3.8, 4) is 5.75 Å². The molecule has 1 aliphatic heterocycles. The number of ether oxygens (including phenoxy) is 1. The zero-order valence-electron chi connectivity index (χ0n) is 11.9. The lowest BCUT2D eigenvalue weighted by Crippen LogP contribution is -2.41. The Morgan fingerprint density at radius 3 is 2.11 bits per heavy atom. The molecule has 0 bridgehead atoms. The van der Waals surface area contributed by atoms with E-state index < -0.39 is 24.1 Å². The standard InChI is InChI=1S/C13H19BFNO3/c1-12(2)13(3,4)19-14(18-12)11-9(15)6-8(17-5)7-10(11)16/h6-7H,16H2,1-5H3. The van der Waals surface area contributed by atoms with Crippen molar-refractivity contribution in [1.29, 1.82) is 0 Å². The van der Waals surface area contributed by atoms with Gasteiger partial charge in [0.05, 0.1) is 18.3 Å². The second kappa shape index (κ2) is 4.39. The van der Waals surface area contributed by atoms with Crippen LogP contribution in [0.1, 0.15) is 27.7 Å². The molecular formula is C13H19BFNO3. The summed E-state index contributed by atoms with van der Waals surface area (Å²) in [4.78, 5) is 0. The van der Waals surface area contributed by atoms with Crippen LogP contribution in [0.4, 0.5) is 10.1 Å². The van der Waals surface area contributed by atoms with Crippen LogP contribution in [0.25, 0.3) is 0 Å². The molecule has 1 aromatic rings. The summed E-state index contributed by atoms with van der Waals surface area (Å²) >= 11 is 0. The zero-order chi connectivity index (χ0) is 14.4. The van der Waals surface area contributed by atoms with E-state index in [9.17, 15) is 4.39 Å². The second-order valence-corrected chi connectivity index (χ2v) is 5.70. The van der Waals surface area contributed by atoms with Gasteiger partial charge in [-0.1, -0.05) is 0 Å². The molecule has 1 aromatic carbocycles. The minimum atomic E-state index is -0.809. The van der Waals surface area contributed by atoms with E-state index in [4.69, 9.17) is 19.8 Å². The lowest BCUT2D eigenvalue weighted by molar-refractivity contribution is 0.00578. The number of halogens is 1. The Morgan fingerprint density at radius 2 is 1.68 bits per heavy atom. The Bertz CT molecular complexity index is 466. The quantitative estimate of drug-likeness (QED) is 0.654. The Kier molecular flexibility index (Phi) is 3.27. The van der Waals surface area contributed by atoms with Crippen molar-refractivity contribution in [3.05, 3.63) is 17.9 Å². The van der Waals surface area contributed by atoms with E-state index in [2.05, 4.69) is 0 Å². The summed E-state index contributed by atoms with van der Waals surface area (Å²) < 4.78 is 30.7. The van der Waals surface area contributed by atoms with E-state index in [0.29, 0.717) is 5.75 Å². The average molecular weight is 267 g/mol. The maximum absolute atomic E-state index is 14.1. The Labute approximate surface area is 113 Å². The molecule has 0 spiro atoms. The Balaban J connectivity index is 2.40. The third-order valence-corrected chi connectivity index (χ3v) is 3.86. The van der Waals surface area contributed by atoms with Gasteiger partial charge in [0.1, 0.15) is 11.6 Å². The molecule has 1 heterocycles. The fraction of sp³-hybridized carbons (Fsp3) is 0.538. The van der Waals surface area contributed by atoms with Crippen molar-refractivity contribution in [2.24, 2.45) is 0 Å². The van der Waals surface area contributed by atoms with Crippen LogP contribution in [0.3, 0.4) is 0 Å². The molecule has 19 heavy (non-hydrogen) atoms. The molecule has 0 aromatic heterocycles. The molecule has 0 saturated carbocycles. The molecular weight excluding hydrogens is 248 g/mol. The van der Waals surface area contributed by atoms with Gasteiger partial charge in [0.2, 0.25) is 0 Å². The minimum Gasteiger partial charge on any atom is -0.497 e. The lowest BCUT2D eigenvalue weighted by atomic mass is 9.77. The summed E-state index contributed by atoms with van der Waals surface area (Å²) in [6, 6.07) is 2.83. The predicted octanol–water partition coefficient (Wildman–Crippen LogP) is 1.72. The van der Waals surface area contributed by atoms with Crippen LogP contribution in [0.15, 0.2) is 12.1 Å². The van der Waals surface area contributed by atoms with Crippen LogP contribution >= 0.6 is 0 Å². The topological polar surface area (TPSA) is 53.7 Å². The van der Waals surface area contributed by atoms with E-state index >= 15 is 0 Å². The first-order valence-electron chi connectivity index (χ1n) is 6.16. The van der Waals surface area contributed by atoms with Crippen molar-refractivity contribution in [2.45, 2.75) is 38.9 Å². The normalized spacial score (nSPS) is 20.6. The first-order chi connectivity index (χ1) is 8.68. The van der Waals surface area contributed by atoms with Gasteiger partial charge in [-0.2, -0.15) is 0 Å². The van der Waals surface area contributed by atoms with E-state index in [0.717, 1.165) is 0 Å². The summed E-state index contributed by atoms with van der Waals surface area (Å²) in [5, 5.41) is 0. The Hall–Kier alpha value is -1.27. The summed E-state index contributed by atoms with van der Waals surface area (Å²) in [5.74, 6) is -0.120. The van der Waals surface area contributed by atoms with Gasteiger partial charge in [-0.3, -0.25) is 0 Å². The number of hydrogen-bond acceptors (Lipinski definition) is 4. The first kappa shape index (κ1) is 14.2. The maximum Gasteiger partial charge on any atom is 0.500 e. The SMILES string of the molecule is COc1cc(N)c(B2OC(C)(C)C(C)(C)O2)c(F)c1. The van der Waals surface area contributed by atoms with Crippen LogP contribution in [0.2, 0.25) is 0 Å². The van der Waals surface area contributed by atoms with Crippen LogP contribution < -0.4 is 15.9 Å². The van der Waals surface area contributed by atoms with Crippen LogP contribution in [0, 0.1) is 5.82 Å². The molecule has 0 radical (unpaired) electrons. The van der Waals surface area contributed by atoms with E-state index in [1.54, 1.807) is 6.07 Å². The highest BCUT2D eigenvalue weighted by atomic mass is 19.1. The van der Waals surface area contributed by atoms with Crippen LogP contribution in [-0.4, -0.2) is 25.4 Å². The number of hydrogen-bond donors (Lipinski definition) is 1. The van der Waals surface area contributed by atoms with Crippen molar-refractivity contribution in [2.75, 3.05) is 12.8 Å².